The number of rotatable bonds is 4. The predicted octanol–water partition coefficient (Wildman–Crippen LogP) is 1.78. The molecule has 0 aromatic heterocycles. The van der Waals surface area contributed by atoms with Crippen molar-refractivity contribution >= 4 is 18.6 Å². The van der Waals surface area contributed by atoms with E-state index in [0.717, 1.165) is 0 Å². The van der Waals surface area contributed by atoms with Crippen LogP contribution in [0.4, 0.5) is 0 Å². The minimum Gasteiger partial charge on any atom is -0.462 e. The number of carbonyl (C=O) groups excluding carboxylic acids is 1. The highest BCUT2D eigenvalue weighted by atomic mass is 31.2. The molecule has 1 rings (SSSR count). The summed E-state index contributed by atoms with van der Waals surface area (Å²) in [5.74, 6) is -0.472. The Kier molecular flexibility index (Phi) is 4.27. The molecule has 0 aliphatic heterocycles. The van der Waals surface area contributed by atoms with Crippen LogP contribution >= 0.6 is 7.37 Å². The lowest BCUT2D eigenvalue weighted by Crippen LogP contribution is -2.11. The van der Waals surface area contributed by atoms with Crippen molar-refractivity contribution in [1.29, 1.82) is 0 Å². The zero-order valence-corrected chi connectivity index (χ0v) is 10.2. The summed E-state index contributed by atoms with van der Waals surface area (Å²) in [7, 11) is -3.32. The van der Waals surface area contributed by atoms with Crippen molar-refractivity contribution in [2.24, 2.45) is 0 Å². The number of hydrogen-bond donors (Lipinski definition) is 1. The van der Waals surface area contributed by atoms with Crippen LogP contribution in [-0.2, 0) is 9.30 Å². The number of benzene rings is 1. The molecule has 0 spiro atoms. The fourth-order valence-corrected chi connectivity index (χ4v) is 2.27. The van der Waals surface area contributed by atoms with Gasteiger partial charge in [-0.3, -0.25) is 4.57 Å². The van der Waals surface area contributed by atoms with Crippen molar-refractivity contribution in [3.8, 4) is 0 Å². The average Bonchev–Trinajstić information content (AvgIpc) is 2.29. The first-order chi connectivity index (χ1) is 7.51. The summed E-state index contributed by atoms with van der Waals surface area (Å²) in [6.45, 7) is 3.64. The van der Waals surface area contributed by atoms with Crippen LogP contribution in [0.2, 0.25) is 0 Å². The van der Waals surface area contributed by atoms with Crippen molar-refractivity contribution in [2.45, 2.75) is 13.8 Å². The normalized spacial score (nSPS) is 14.2. The Morgan fingerprint density at radius 2 is 2.12 bits per heavy atom. The zero-order chi connectivity index (χ0) is 12.2. The molecule has 1 aromatic rings. The highest BCUT2D eigenvalue weighted by molar-refractivity contribution is 7.66. The third kappa shape index (κ3) is 2.94. The van der Waals surface area contributed by atoms with Crippen LogP contribution in [0, 0.1) is 0 Å². The molecule has 0 bridgehead atoms. The van der Waals surface area contributed by atoms with E-state index in [4.69, 9.17) is 4.74 Å². The fourth-order valence-electron chi connectivity index (χ4n) is 1.25. The van der Waals surface area contributed by atoms with Crippen LogP contribution < -0.4 is 5.30 Å². The van der Waals surface area contributed by atoms with E-state index in [2.05, 4.69) is 0 Å². The van der Waals surface area contributed by atoms with Gasteiger partial charge < -0.3 is 9.63 Å². The van der Waals surface area contributed by atoms with Gasteiger partial charge in [-0.15, -0.1) is 0 Å². The lowest BCUT2D eigenvalue weighted by atomic mass is 10.2. The summed E-state index contributed by atoms with van der Waals surface area (Å²) < 4.78 is 16.5. The first-order valence-corrected chi connectivity index (χ1v) is 6.95. The molecule has 0 saturated carbocycles. The van der Waals surface area contributed by atoms with Crippen molar-refractivity contribution < 1.29 is 19.0 Å². The molecule has 5 heteroatoms. The molecule has 0 aliphatic rings. The van der Waals surface area contributed by atoms with Crippen molar-refractivity contribution in [1.82, 2.24) is 0 Å². The minimum absolute atomic E-state index is 0.152. The molecule has 0 fully saturated rings. The molecule has 1 N–H and O–H groups in total. The topological polar surface area (TPSA) is 63.6 Å². The predicted molar refractivity (Wildman–Crippen MR) is 62.4 cm³/mol. The van der Waals surface area contributed by atoms with E-state index in [9.17, 15) is 14.3 Å². The Hall–Kier alpha value is -1.12. The van der Waals surface area contributed by atoms with Gasteiger partial charge in [0, 0.05) is 11.5 Å². The van der Waals surface area contributed by atoms with Crippen LogP contribution in [0.1, 0.15) is 24.2 Å². The highest BCUT2D eigenvalue weighted by Gasteiger charge is 2.19. The molecule has 0 heterocycles. The number of esters is 1. The summed E-state index contributed by atoms with van der Waals surface area (Å²) >= 11 is 0. The molecular weight excluding hydrogens is 227 g/mol. The second-order valence-corrected chi connectivity index (χ2v) is 5.84. The molecule has 0 saturated heterocycles. The maximum Gasteiger partial charge on any atom is 0.338 e. The van der Waals surface area contributed by atoms with E-state index in [1.54, 1.807) is 32.0 Å². The van der Waals surface area contributed by atoms with Gasteiger partial charge in [0.1, 0.15) is 0 Å². The third-order valence-corrected chi connectivity index (χ3v) is 4.13. The smallest absolute Gasteiger partial charge is 0.338 e. The first kappa shape index (κ1) is 12.9. The Morgan fingerprint density at radius 1 is 1.44 bits per heavy atom. The van der Waals surface area contributed by atoms with E-state index in [1.807, 2.05) is 0 Å². The maximum absolute atomic E-state index is 11.7. The van der Waals surface area contributed by atoms with Gasteiger partial charge in [-0.1, -0.05) is 13.0 Å². The van der Waals surface area contributed by atoms with Gasteiger partial charge in [0.15, 0.2) is 0 Å². The molecule has 4 nitrogen and oxygen atoms in total. The van der Waals surface area contributed by atoms with Gasteiger partial charge in [0.05, 0.1) is 12.2 Å². The van der Waals surface area contributed by atoms with Crippen molar-refractivity contribution in [3.63, 3.8) is 0 Å². The summed E-state index contributed by atoms with van der Waals surface area (Å²) in [4.78, 5) is 21.1. The molecule has 0 amide bonds. The van der Waals surface area contributed by atoms with Crippen LogP contribution in [0.15, 0.2) is 24.3 Å². The van der Waals surface area contributed by atoms with Crippen LogP contribution in [0.25, 0.3) is 0 Å². The fraction of sp³-hybridized carbons (Fsp3) is 0.364. The molecule has 16 heavy (non-hydrogen) atoms. The van der Waals surface area contributed by atoms with Gasteiger partial charge in [0.2, 0.25) is 7.37 Å². The molecular formula is C11H15O4P. The van der Waals surface area contributed by atoms with E-state index in [-0.39, 0.29) is 12.8 Å². The Morgan fingerprint density at radius 3 is 2.69 bits per heavy atom. The van der Waals surface area contributed by atoms with Crippen LogP contribution in [-0.4, -0.2) is 23.6 Å². The van der Waals surface area contributed by atoms with E-state index < -0.39 is 13.3 Å². The molecule has 1 atom stereocenters. The van der Waals surface area contributed by atoms with E-state index >= 15 is 0 Å². The number of ether oxygens (including phenoxy) is 1. The molecule has 1 aromatic carbocycles. The first-order valence-electron chi connectivity index (χ1n) is 5.10. The second kappa shape index (κ2) is 5.28. The van der Waals surface area contributed by atoms with Gasteiger partial charge in [-0.25, -0.2) is 4.79 Å². The SMILES string of the molecule is CCOC(=O)c1cccc(P(=O)(O)CC)c1. The third-order valence-electron chi connectivity index (χ3n) is 2.19. The largest absolute Gasteiger partial charge is 0.462 e. The van der Waals surface area contributed by atoms with Crippen molar-refractivity contribution in [3.05, 3.63) is 29.8 Å². The maximum atomic E-state index is 11.7. The van der Waals surface area contributed by atoms with Gasteiger partial charge in [0.25, 0.3) is 0 Å². The lowest BCUT2D eigenvalue weighted by Gasteiger charge is -2.10. The quantitative estimate of drug-likeness (QED) is 0.645. The van der Waals surface area contributed by atoms with Crippen LogP contribution in [0.3, 0.4) is 0 Å². The minimum atomic E-state index is -3.32. The number of carbonyl (C=O) groups is 1. The molecule has 88 valence electrons. The average molecular weight is 242 g/mol. The zero-order valence-electron chi connectivity index (χ0n) is 9.34. The Labute approximate surface area is 94.7 Å². The summed E-state index contributed by atoms with van der Waals surface area (Å²) in [6.07, 6.45) is 0.152. The van der Waals surface area contributed by atoms with Gasteiger partial charge in [-0.05, 0) is 25.1 Å². The van der Waals surface area contributed by atoms with Gasteiger partial charge in [-0.2, -0.15) is 0 Å². The molecule has 1 unspecified atom stereocenters. The van der Waals surface area contributed by atoms with Crippen molar-refractivity contribution in [2.75, 3.05) is 12.8 Å². The second-order valence-electron chi connectivity index (χ2n) is 3.29. The van der Waals surface area contributed by atoms with Gasteiger partial charge >= 0.3 is 5.97 Å². The standard InChI is InChI=1S/C11H15O4P/c1-3-15-11(12)9-6-5-7-10(8-9)16(13,14)4-2/h5-8H,3-4H2,1-2H3,(H,13,14). The monoisotopic (exact) mass is 242 g/mol. The lowest BCUT2D eigenvalue weighted by molar-refractivity contribution is 0.0526. The Bertz CT molecular complexity index is 428. The summed E-state index contributed by atoms with van der Waals surface area (Å²) in [5, 5.41) is 0.292. The number of hydrogen-bond acceptors (Lipinski definition) is 3. The van der Waals surface area contributed by atoms with E-state index in [1.165, 1.54) is 6.07 Å². The van der Waals surface area contributed by atoms with Crippen LogP contribution in [0.5, 0.6) is 0 Å². The Balaban J connectivity index is 3.05. The summed E-state index contributed by atoms with van der Waals surface area (Å²) in [6, 6.07) is 6.12. The van der Waals surface area contributed by atoms with E-state index in [0.29, 0.717) is 10.9 Å². The highest BCUT2D eigenvalue weighted by Crippen LogP contribution is 2.38. The summed E-state index contributed by atoms with van der Waals surface area (Å²) in [5.41, 5.74) is 0.307. The molecule has 0 radical (unpaired) electrons. The molecule has 0 aliphatic carbocycles.